The Morgan fingerprint density at radius 3 is 2.96 bits per heavy atom. The predicted octanol–water partition coefficient (Wildman–Crippen LogP) is 2.52. The summed E-state index contributed by atoms with van der Waals surface area (Å²) < 4.78 is 0. The van der Waals surface area contributed by atoms with Crippen LogP contribution in [0.3, 0.4) is 0 Å². The van der Waals surface area contributed by atoms with E-state index in [0.717, 1.165) is 30.6 Å². The highest BCUT2D eigenvalue weighted by Gasteiger charge is 2.31. The molecule has 0 saturated heterocycles. The predicted molar refractivity (Wildman–Crippen MR) is 98.4 cm³/mol. The normalized spacial score (nSPS) is 18.0. The molecule has 4 N–H and O–H groups in total. The molecule has 120 valence electrons. The van der Waals surface area contributed by atoms with Crippen LogP contribution in [-0.2, 0) is 11.5 Å². The van der Waals surface area contributed by atoms with E-state index in [1.807, 2.05) is 28.5 Å². The molecule has 1 aromatic carbocycles. The van der Waals surface area contributed by atoms with Gasteiger partial charge >= 0.3 is 0 Å². The third-order valence-corrected chi connectivity index (χ3v) is 6.38. The minimum atomic E-state index is 0.400. The molecule has 0 bridgehead atoms. The van der Waals surface area contributed by atoms with Crippen LogP contribution in [0.5, 0.6) is 0 Å². The fourth-order valence-electron chi connectivity index (χ4n) is 2.72. The maximum Gasteiger partial charge on any atom is 0.0731 e. The number of nitrogens with one attached hydrogen (secondary N) is 2. The highest BCUT2D eigenvalue weighted by atomic mass is 32.1. The smallest absolute Gasteiger partial charge is 0.0731 e. The van der Waals surface area contributed by atoms with Crippen LogP contribution >= 0.6 is 20.1 Å². The lowest BCUT2D eigenvalue weighted by molar-refractivity contribution is 0.0163. The van der Waals surface area contributed by atoms with Gasteiger partial charge in [0.05, 0.1) is 11.7 Å². The van der Waals surface area contributed by atoms with Gasteiger partial charge in [0.2, 0.25) is 0 Å². The third-order valence-electron chi connectivity index (χ3n) is 4.00. The van der Waals surface area contributed by atoms with E-state index in [-0.39, 0.29) is 0 Å². The lowest BCUT2D eigenvalue weighted by atomic mass is 10.1. The number of thiophene rings is 1. The Labute approximate surface area is 141 Å². The van der Waals surface area contributed by atoms with Gasteiger partial charge in [0.1, 0.15) is 0 Å². The number of hydrogen-bond donors (Lipinski definition) is 3. The summed E-state index contributed by atoms with van der Waals surface area (Å²) in [6.45, 7) is 1.01. The zero-order chi connectivity index (χ0) is 15.6. The molecule has 1 aliphatic heterocycles. The zero-order valence-electron chi connectivity index (χ0n) is 12.6. The van der Waals surface area contributed by atoms with Gasteiger partial charge in [0.15, 0.2) is 0 Å². The quantitative estimate of drug-likeness (QED) is 0.426. The van der Waals surface area contributed by atoms with Crippen molar-refractivity contribution in [2.45, 2.75) is 25.4 Å². The van der Waals surface area contributed by atoms with Gasteiger partial charge in [-0.05, 0) is 38.6 Å². The summed E-state index contributed by atoms with van der Waals surface area (Å²) in [5.41, 5.74) is 5.80. The van der Waals surface area contributed by atoms with Crippen LogP contribution in [0.4, 0.5) is 5.69 Å². The first-order chi connectivity index (χ1) is 11.4. The molecule has 1 saturated carbocycles. The largest absolute Gasteiger partial charge is 0.289 e. The molecule has 0 spiro atoms. The molecule has 1 aliphatic carbocycles. The summed E-state index contributed by atoms with van der Waals surface area (Å²) in [5, 5.41) is 9.01. The van der Waals surface area contributed by atoms with Crippen LogP contribution in [0.2, 0.25) is 0 Å². The molecule has 1 atom stereocenters. The molecular weight excluding hydrogens is 327 g/mol. The molecule has 4 rings (SSSR count). The van der Waals surface area contributed by atoms with Crippen molar-refractivity contribution < 1.29 is 4.94 Å². The van der Waals surface area contributed by atoms with E-state index in [4.69, 9.17) is 10.8 Å². The maximum absolute atomic E-state index is 5.42. The van der Waals surface area contributed by atoms with Gasteiger partial charge in [-0.1, -0.05) is 30.4 Å². The topological polar surface area (TPSA) is 62.6 Å². The fourth-order valence-corrected chi connectivity index (χ4v) is 5.10. The minimum absolute atomic E-state index is 0.400. The molecule has 0 radical (unpaired) electrons. The minimum Gasteiger partial charge on any atom is -0.289 e. The average Bonchev–Trinajstić information content (AvgIpc) is 3.17. The number of rotatable bonds is 6. The van der Waals surface area contributed by atoms with Crippen LogP contribution in [0, 0.1) is 0 Å². The lowest BCUT2D eigenvalue weighted by Crippen LogP contribution is -2.37. The molecule has 2 aliphatic rings. The van der Waals surface area contributed by atoms with E-state index in [2.05, 4.69) is 40.3 Å². The van der Waals surface area contributed by atoms with Crippen molar-refractivity contribution in [2.24, 2.45) is 5.84 Å². The second kappa shape index (κ2) is 6.69. The Bertz CT molecular complexity index is 729. The number of hydrogen-bond acceptors (Lipinski definition) is 6. The van der Waals surface area contributed by atoms with E-state index in [1.54, 1.807) is 0 Å². The Morgan fingerprint density at radius 2 is 2.13 bits per heavy atom. The first-order valence-corrected chi connectivity index (χ1v) is 9.53. The van der Waals surface area contributed by atoms with Crippen LogP contribution in [0.15, 0.2) is 29.6 Å². The zero-order valence-corrected chi connectivity index (χ0v) is 14.4. The number of para-hydroxylation sites is 1. The Kier molecular flexibility index (Phi) is 4.44. The maximum atomic E-state index is 5.42. The van der Waals surface area contributed by atoms with Crippen molar-refractivity contribution in [3.8, 4) is 0 Å². The number of anilines is 1. The monoisotopic (exact) mass is 346 g/mol. The van der Waals surface area contributed by atoms with E-state index >= 15 is 0 Å². The van der Waals surface area contributed by atoms with E-state index in [0.29, 0.717) is 14.8 Å². The van der Waals surface area contributed by atoms with Gasteiger partial charge in [0, 0.05) is 22.3 Å². The fraction of sp³-hybridized carbons (Fsp3) is 0.250. The van der Waals surface area contributed by atoms with Crippen LogP contribution in [0.25, 0.3) is 12.2 Å². The Hall–Kier alpha value is -1.27. The Morgan fingerprint density at radius 1 is 1.30 bits per heavy atom. The average molecular weight is 346 g/mol. The molecule has 1 unspecified atom stereocenters. The molecule has 23 heavy (non-hydrogen) atoms. The standard InChI is InChI=1S/C16H19N4OPS/c17-19-21-20(13-7-8-13)14-4-2-1-3-11(14)5-6-12-10-23-15-9-18-22-16(12)15/h1-6,10,13,18-19,22H,7-9,17H2/b6-5+. The lowest BCUT2D eigenvalue weighted by Gasteiger charge is -2.23. The molecule has 2 aromatic rings. The summed E-state index contributed by atoms with van der Waals surface area (Å²) in [7, 11) is 0.717. The summed E-state index contributed by atoms with van der Waals surface area (Å²) in [6.07, 6.45) is 6.62. The van der Waals surface area contributed by atoms with Gasteiger partial charge in [-0.2, -0.15) is 4.94 Å². The number of nitrogens with zero attached hydrogens (tertiary/aromatic N) is 1. The second-order valence-electron chi connectivity index (χ2n) is 5.63. The van der Waals surface area contributed by atoms with Crippen LogP contribution < -0.4 is 26.9 Å². The third kappa shape index (κ3) is 3.19. The molecule has 1 aromatic heterocycles. The number of fused-ring (bicyclic) bond motifs is 1. The molecule has 2 heterocycles. The first kappa shape index (κ1) is 15.3. The summed E-state index contributed by atoms with van der Waals surface area (Å²) in [4.78, 5) is 6.89. The van der Waals surface area contributed by atoms with Crippen molar-refractivity contribution in [1.29, 1.82) is 0 Å². The highest BCUT2D eigenvalue weighted by molar-refractivity contribution is 7.47. The SMILES string of the molecule is NNON(c1ccccc1/C=C/c1csc2c1PNC2)C1CC1. The van der Waals surface area contributed by atoms with Crippen molar-refractivity contribution in [1.82, 2.24) is 10.7 Å². The number of hydrazine groups is 1. The van der Waals surface area contributed by atoms with E-state index in [1.165, 1.54) is 15.7 Å². The van der Waals surface area contributed by atoms with Crippen molar-refractivity contribution >= 4 is 43.2 Å². The molecule has 5 nitrogen and oxygen atoms in total. The number of nitrogens with two attached hydrogens (primary N) is 1. The Balaban J connectivity index is 1.62. The highest BCUT2D eigenvalue weighted by Crippen LogP contribution is 2.34. The second-order valence-corrected chi connectivity index (χ2v) is 7.69. The molecule has 7 heteroatoms. The molecule has 0 amide bonds. The van der Waals surface area contributed by atoms with E-state index < -0.39 is 0 Å². The van der Waals surface area contributed by atoms with Gasteiger partial charge < -0.3 is 0 Å². The number of benzene rings is 1. The van der Waals surface area contributed by atoms with Crippen LogP contribution in [-0.4, -0.2) is 6.04 Å². The van der Waals surface area contributed by atoms with Crippen molar-refractivity contribution in [3.63, 3.8) is 0 Å². The van der Waals surface area contributed by atoms with Gasteiger partial charge in [-0.15, -0.1) is 16.9 Å². The molecule has 1 fully saturated rings. The summed E-state index contributed by atoms with van der Waals surface area (Å²) in [5.74, 6) is 5.36. The summed E-state index contributed by atoms with van der Waals surface area (Å²) in [6, 6.07) is 8.64. The van der Waals surface area contributed by atoms with Crippen molar-refractivity contribution in [3.05, 3.63) is 45.6 Å². The van der Waals surface area contributed by atoms with Crippen LogP contribution in [0.1, 0.15) is 28.8 Å². The summed E-state index contributed by atoms with van der Waals surface area (Å²) >= 11 is 1.84. The molecular formula is C16H19N4OPS. The number of hydroxylamine groups is 1. The van der Waals surface area contributed by atoms with E-state index in [9.17, 15) is 0 Å². The first-order valence-electron chi connectivity index (χ1n) is 7.65. The van der Waals surface area contributed by atoms with Gasteiger partial charge in [0.25, 0.3) is 0 Å². The van der Waals surface area contributed by atoms with Crippen molar-refractivity contribution in [2.75, 3.05) is 5.06 Å². The van der Waals surface area contributed by atoms with Gasteiger partial charge in [-0.25, -0.2) is 10.9 Å². The van der Waals surface area contributed by atoms with Gasteiger partial charge in [-0.3, -0.25) is 5.09 Å².